The molecule has 13 heteroatoms. The molecule has 21 heavy (non-hydrogen) atoms. The standard InChI is InChI=1S/C8H17N4O7PS/c1-11(2-3-19-20(14,15)16)8(9)12-5-6(4-7(12)13)21(10,17)18/h6,9H,2-5H2,1H3,(H2,10,17,18)(H2,14,15,16). The number of likely N-dealkylation sites (N-methyl/N-ethyl adjacent to an activating group) is 1. The van der Waals surface area contributed by atoms with Gasteiger partial charge in [0.25, 0.3) is 0 Å². The number of nitrogens with one attached hydrogen (secondary N) is 1. The van der Waals surface area contributed by atoms with Gasteiger partial charge in [-0.1, -0.05) is 0 Å². The molecule has 1 aliphatic heterocycles. The summed E-state index contributed by atoms with van der Waals surface area (Å²) in [4.78, 5) is 30.9. The van der Waals surface area contributed by atoms with Crippen LogP contribution < -0.4 is 5.14 Å². The average Bonchev–Trinajstić information content (AvgIpc) is 2.68. The van der Waals surface area contributed by atoms with E-state index in [9.17, 15) is 17.8 Å². The quantitative estimate of drug-likeness (QED) is 0.248. The molecule has 0 aliphatic carbocycles. The van der Waals surface area contributed by atoms with Gasteiger partial charge in [0.05, 0.1) is 6.61 Å². The van der Waals surface area contributed by atoms with E-state index in [1.807, 2.05) is 0 Å². The molecule has 0 spiro atoms. The number of nitrogens with zero attached hydrogens (tertiary/aromatic N) is 2. The molecule has 1 unspecified atom stereocenters. The molecule has 0 aromatic heterocycles. The number of likely N-dealkylation sites (tertiary alicyclic amines) is 1. The van der Waals surface area contributed by atoms with Gasteiger partial charge in [0.2, 0.25) is 15.9 Å². The van der Waals surface area contributed by atoms with Gasteiger partial charge in [0, 0.05) is 26.6 Å². The van der Waals surface area contributed by atoms with Gasteiger partial charge >= 0.3 is 7.82 Å². The van der Waals surface area contributed by atoms with Crippen molar-refractivity contribution in [2.45, 2.75) is 11.7 Å². The first-order valence-electron chi connectivity index (χ1n) is 5.73. The van der Waals surface area contributed by atoms with Gasteiger partial charge in [-0.25, -0.2) is 18.1 Å². The number of phosphoric ester groups is 1. The first kappa shape index (κ1) is 18.0. The van der Waals surface area contributed by atoms with E-state index >= 15 is 0 Å². The van der Waals surface area contributed by atoms with E-state index in [4.69, 9.17) is 20.3 Å². The summed E-state index contributed by atoms with van der Waals surface area (Å²) in [7, 11) is -7.06. The summed E-state index contributed by atoms with van der Waals surface area (Å²) in [5, 5.41) is 11.7. The van der Waals surface area contributed by atoms with Crippen molar-refractivity contribution in [3.63, 3.8) is 0 Å². The minimum Gasteiger partial charge on any atom is -0.343 e. The maximum Gasteiger partial charge on any atom is 0.469 e. The molecule has 1 rings (SSSR count). The second kappa shape index (κ2) is 6.38. The highest BCUT2D eigenvalue weighted by Crippen LogP contribution is 2.35. The predicted octanol–water partition coefficient (Wildman–Crippen LogP) is -2.15. The fourth-order valence-corrected chi connectivity index (χ4v) is 2.76. The highest BCUT2D eigenvalue weighted by molar-refractivity contribution is 7.89. The molecule has 122 valence electrons. The first-order chi connectivity index (χ1) is 9.42. The lowest BCUT2D eigenvalue weighted by Crippen LogP contribution is -2.44. The number of nitrogens with two attached hydrogens (primary N) is 1. The number of amides is 1. The normalized spacial score (nSPS) is 19.9. The lowest BCUT2D eigenvalue weighted by Gasteiger charge is -2.26. The Hall–Kier alpha value is -1.04. The number of hydrogen-bond acceptors (Lipinski definition) is 6. The van der Waals surface area contributed by atoms with Crippen LogP contribution in [0.25, 0.3) is 0 Å². The zero-order valence-corrected chi connectivity index (χ0v) is 12.9. The van der Waals surface area contributed by atoms with E-state index in [1.165, 1.54) is 11.9 Å². The molecule has 5 N–H and O–H groups in total. The Morgan fingerprint density at radius 1 is 1.62 bits per heavy atom. The molecule has 1 fully saturated rings. The molecule has 1 atom stereocenters. The van der Waals surface area contributed by atoms with Crippen molar-refractivity contribution in [2.24, 2.45) is 5.14 Å². The molecular formula is C8H17N4O7PS. The molecule has 11 nitrogen and oxygen atoms in total. The molecule has 1 saturated heterocycles. The second-order valence-electron chi connectivity index (χ2n) is 4.49. The van der Waals surface area contributed by atoms with Gasteiger partial charge < -0.3 is 14.7 Å². The lowest BCUT2D eigenvalue weighted by atomic mass is 10.4. The van der Waals surface area contributed by atoms with Crippen molar-refractivity contribution < 1.29 is 32.1 Å². The third kappa shape index (κ3) is 5.34. The van der Waals surface area contributed by atoms with Crippen LogP contribution in [0.2, 0.25) is 0 Å². The number of primary sulfonamides is 1. The van der Waals surface area contributed by atoms with Gasteiger partial charge in [0.15, 0.2) is 5.96 Å². The maximum absolute atomic E-state index is 11.7. The SMILES string of the molecule is CN(CCOP(=O)(O)O)C(=N)N1CC(S(N)(=O)=O)CC1=O. The van der Waals surface area contributed by atoms with Crippen molar-refractivity contribution in [3.8, 4) is 0 Å². The summed E-state index contributed by atoms with van der Waals surface area (Å²) in [6, 6.07) is 0. The number of sulfonamides is 1. The van der Waals surface area contributed by atoms with Crippen LogP contribution in [-0.4, -0.2) is 71.9 Å². The Kier molecular flexibility index (Phi) is 5.47. The van der Waals surface area contributed by atoms with Crippen LogP contribution in [0.1, 0.15) is 6.42 Å². The van der Waals surface area contributed by atoms with Crippen molar-refractivity contribution in [1.29, 1.82) is 5.41 Å². The Morgan fingerprint density at radius 3 is 2.62 bits per heavy atom. The number of hydrogen-bond donors (Lipinski definition) is 4. The molecule has 0 aromatic carbocycles. The van der Waals surface area contributed by atoms with Crippen molar-refractivity contribution in [2.75, 3.05) is 26.7 Å². The summed E-state index contributed by atoms with van der Waals surface area (Å²) in [5.41, 5.74) is 0. The number of carbonyl (C=O) groups is 1. The number of carbonyl (C=O) groups excluding carboxylic acids is 1. The molecule has 1 heterocycles. The largest absolute Gasteiger partial charge is 0.469 e. The summed E-state index contributed by atoms with van der Waals surface area (Å²) in [6.45, 7) is -0.641. The van der Waals surface area contributed by atoms with E-state index < -0.39 is 29.0 Å². The Labute approximate surface area is 121 Å². The van der Waals surface area contributed by atoms with E-state index in [2.05, 4.69) is 4.52 Å². The lowest BCUT2D eigenvalue weighted by molar-refractivity contribution is -0.124. The van der Waals surface area contributed by atoms with E-state index in [0.29, 0.717) is 0 Å². The van der Waals surface area contributed by atoms with Crippen molar-refractivity contribution in [1.82, 2.24) is 9.80 Å². The molecule has 1 aliphatic rings. The molecule has 1 amide bonds. The van der Waals surface area contributed by atoms with Gasteiger partial charge in [-0.2, -0.15) is 0 Å². The number of guanidine groups is 1. The fourth-order valence-electron chi connectivity index (χ4n) is 1.71. The summed E-state index contributed by atoms with van der Waals surface area (Å²) < 4.78 is 37.1. The van der Waals surface area contributed by atoms with Gasteiger partial charge in [-0.05, 0) is 0 Å². The minimum atomic E-state index is -4.60. The van der Waals surface area contributed by atoms with Gasteiger partial charge in [-0.3, -0.25) is 19.6 Å². The topological polar surface area (TPSA) is 174 Å². The monoisotopic (exact) mass is 344 g/mol. The van der Waals surface area contributed by atoms with Crippen LogP contribution in [0.4, 0.5) is 0 Å². The van der Waals surface area contributed by atoms with Crippen LogP contribution in [0, 0.1) is 5.41 Å². The minimum absolute atomic E-state index is 0.0617. The van der Waals surface area contributed by atoms with Crippen LogP contribution >= 0.6 is 7.82 Å². The summed E-state index contributed by atoms with van der Waals surface area (Å²) >= 11 is 0. The Balaban J connectivity index is 2.59. The Bertz CT molecular complexity index is 573. The molecule has 0 aromatic rings. The highest BCUT2D eigenvalue weighted by Gasteiger charge is 2.39. The highest BCUT2D eigenvalue weighted by atomic mass is 32.2. The first-order valence-corrected chi connectivity index (χ1v) is 8.87. The van der Waals surface area contributed by atoms with Crippen molar-refractivity contribution in [3.05, 3.63) is 0 Å². The van der Waals surface area contributed by atoms with E-state index in [-0.39, 0.29) is 32.1 Å². The average molecular weight is 344 g/mol. The zero-order valence-electron chi connectivity index (χ0n) is 11.2. The summed E-state index contributed by atoms with van der Waals surface area (Å²) in [6.07, 6.45) is -0.298. The molecule has 0 saturated carbocycles. The van der Waals surface area contributed by atoms with Crippen LogP contribution in [0.15, 0.2) is 0 Å². The van der Waals surface area contributed by atoms with E-state index in [0.717, 1.165) is 4.90 Å². The zero-order chi connectivity index (χ0) is 16.4. The van der Waals surface area contributed by atoms with Gasteiger partial charge in [-0.15, -0.1) is 0 Å². The summed E-state index contributed by atoms with van der Waals surface area (Å²) in [5.74, 6) is -0.845. The number of rotatable bonds is 5. The fraction of sp³-hybridized carbons (Fsp3) is 0.750. The van der Waals surface area contributed by atoms with Crippen molar-refractivity contribution >= 4 is 29.7 Å². The smallest absolute Gasteiger partial charge is 0.343 e. The third-order valence-corrected chi connectivity index (χ3v) is 4.62. The van der Waals surface area contributed by atoms with Crippen LogP contribution in [0.3, 0.4) is 0 Å². The second-order valence-corrected chi connectivity index (χ2v) is 7.57. The number of phosphoric acid groups is 1. The Morgan fingerprint density at radius 2 is 2.19 bits per heavy atom. The molecule has 0 radical (unpaired) electrons. The van der Waals surface area contributed by atoms with Crippen LogP contribution in [0.5, 0.6) is 0 Å². The predicted molar refractivity (Wildman–Crippen MR) is 71.6 cm³/mol. The third-order valence-electron chi connectivity index (χ3n) is 2.86. The maximum atomic E-state index is 11.7. The van der Waals surface area contributed by atoms with E-state index in [1.54, 1.807) is 0 Å². The molecular weight excluding hydrogens is 327 g/mol. The molecule has 0 bridgehead atoms. The van der Waals surface area contributed by atoms with Gasteiger partial charge in [0.1, 0.15) is 5.25 Å². The van der Waals surface area contributed by atoms with Crippen LogP contribution in [-0.2, 0) is 23.9 Å².